The van der Waals surface area contributed by atoms with E-state index >= 15 is 0 Å². The fourth-order valence-electron chi connectivity index (χ4n) is 2.84. The number of aryl methyl sites for hydroxylation is 1. The first-order valence-electron chi connectivity index (χ1n) is 6.99. The number of amides is 1. The molecule has 1 aliphatic carbocycles. The summed E-state index contributed by atoms with van der Waals surface area (Å²) in [5.74, 6) is 0.0238. The fraction of sp³-hybridized carbons (Fsp3) is 0.235. The minimum absolute atomic E-state index is 0.0505. The van der Waals surface area contributed by atoms with E-state index in [2.05, 4.69) is 49.3 Å². The summed E-state index contributed by atoms with van der Waals surface area (Å²) in [6, 6.07) is 14.0. The van der Waals surface area contributed by atoms with E-state index in [0.29, 0.717) is 0 Å². The van der Waals surface area contributed by atoms with Crippen LogP contribution >= 0.6 is 31.9 Å². The number of hydrogen-bond donors (Lipinski definition) is 1. The Balaban J connectivity index is 1.83. The quantitative estimate of drug-likeness (QED) is 0.720. The van der Waals surface area contributed by atoms with Crippen molar-refractivity contribution in [1.29, 1.82) is 0 Å². The van der Waals surface area contributed by atoms with Crippen LogP contribution in [0.3, 0.4) is 0 Å². The average molecular weight is 409 g/mol. The summed E-state index contributed by atoms with van der Waals surface area (Å²) >= 11 is 6.90. The van der Waals surface area contributed by atoms with Gasteiger partial charge in [-0.1, -0.05) is 40.2 Å². The molecule has 2 aromatic rings. The van der Waals surface area contributed by atoms with Gasteiger partial charge in [0.2, 0.25) is 5.91 Å². The van der Waals surface area contributed by atoms with Gasteiger partial charge in [0.15, 0.2) is 0 Å². The molecule has 108 valence electrons. The molecule has 4 heteroatoms. The third-order valence-electron chi connectivity index (χ3n) is 3.87. The predicted molar refractivity (Wildman–Crippen MR) is 92.6 cm³/mol. The van der Waals surface area contributed by atoms with Crippen molar-refractivity contribution >= 4 is 43.5 Å². The molecular weight excluding hydrogens is 394 g/mol. The molecule has 2 nitrogen and oxygen atoms in total. The zero-order valence-corrected chi connectivity index (χ0v) is 14.6. The van der Waals surface area contributed by atoms with Crippen LogP contribution in [0.25, 0.3) is 0 Å². The Morgan fingerprint density at radius 2 is 1.95 bits per heavy atom. The van der Waals surface area contributed by atoms with Gasteiger partial charge < -0.3 is 5.32 Å². The molecule has 0 saturated heterocycles. The summed E-state index contributed by atoms with van der Waals surface area (Å²) in [6.07, 6.45) is 3.05. The molecule has 0 radical (unpaired) electrons. The second kappa shape index (κ2) is 6.32. The lowest BCUT2D eigenvalue weighted by atomic mass is 9.82. The van der Waals surface area contributed by atoms with Crippen LogP contribution in [0.1, 0.15) is 29.9 Å². The van der Waals surface area contributed by atoms with Gasteiger partial charge in [0.25, 0.3) is 0 Å². The molecular formula is C17H15Br2NO. The maximum Gasteiger partial charge on any atom is 0.231 e. The van der Waals surface area contributed by atoms with Gasteiger partial charge >= 0.3 is 0 Å². The van der Waals surface area contributed by atoms with E-state index in [4.69, 9.17) is 0 Å². The summed E-state index contributed by atoms with van der Waals surface area (Å²) in [6.45, 7) is 0. The molecule has 1 amide bonds. The molecule has 0 fully saturated rings. The second-order valence-corrected chi connectivity index (χ2v) is 7.03. The molecule has 0 saturated carbocycles. The van der Waals surface area contributed by atoms with Crippen molar-refractivity contribution in [2.75, 3.05) is 5.32 Å². The Kier molecular flexibility index (Phi) is 4.45. The largest absolute Gasteiger partial charge is 0.325 e. The topological polar surface area (TPSA) is 29.1 Å². The van der Waals surface area contributed by atoms with E-state index in [-0.39, 0.29) is 11.8 Å². The van der Waals surface area contributed by atoms with Gasteiger partial charge in [-0.3, -0.25) is 4.79 Å². The van der Waals surface area contributed by atoms with Gasteiger partial charge in [-0.15, -0.1) is 0 Å². The van der Waals surface area contributed by atoms with Crippen LogP contribution in [-0.2, 0) is 11.2 Å². The van der Waals surface area contributed by atoms with Crippen LogP contribution in [0.15, 0.2) is 51.4 Å². The number of anilines is 1. The second-order valence-electron chi connectivity index (χ2n) is 5.26. The van der Waals surface area contributed by atoms with E-state index in [1.54, 1.807) is 0 Å². The molecule has 0 bridgehead atoms. The molecule has 1 aliphatic rings. The fourth-order valence-corrected chi connectivity index (χ4v) is 3.98. The maximum atomic E-state index is 12.6. The van der Waals surface area contributed by atoms with Crippen LogP contribution < -0.4 is 5.32 Å². The van der Waals surface area contributed by atoms with E-state index in [0.717, 1.165) is 33.9 Å². The molecule has 0 spiro atoms. The number of benzene rings is 2. The molecule has 1 N–H and O–H groups in total. The highest BCUT2D eigenvalue weighted by molar-refractivity contribution is 9.11. The monoisotopic (exact) mass is 407 g/mol. The lowest BCUT2D eigenvalue weighted by Crippen LogP contribution is -2.24. The Morgan fingerprint density at radius 3 is 2.76 bits per heavy atom. The smallest absolute Gasteiger partial charge is 0.231 e. The lowest BCUT2D eigenvalue weighted by Gasteiger charge is -2.24. The van der Waals surface area contributed by atoms with Crippen LogP contribution in [0.2, 0.25) is 0 Å². The number of carbonyl (C=O) groups is 1. The third-order valence-corrected chi connectivity index (χ3v) is 5.02. The summed E-state index contributed by atoms with van der Waals surface area (Å²) in [5.41, 5.74) is 3.29. The zero-order chi connectivity index (χ0) is 14.8. The van der Waals surface area contributed by atoms with Crippen LogP contribution in [0, 0.1) is 0 Å². The summed E-state index contributed by atoms with van der Waals surface area (Å²) in [5, 5.41) is 3.04. The summed E-state index contributed by atoms with van der Waals surface area (Å²) in [7, 11) is 0. The molecule has 0 heterocycles. The Bertz CT molecular complexity index is 684. The molecule has 0 aromatic heterocycles. The first-order chi connectivity index (χ1) is 10.1. The molecule has 0 aliphatic heterocycles. The highest BCUT2D eigenvalue weighted by atomic mass is 79.9. The molecule has 21 heavy (non-hydrogen) atoms. The van der Waals surface area contributed by atoms with Gasteiger partial charge in [0.05, 0.1) is 11.6 Å². The van der Waals surface area contributed by atoms with Gasteiger partial charge in [-0.25, -0.2) is 0 Å². The van der Waals surface area contributed by atoms with Gasteiger partial charge in [0, 0.05) is 8.95 Å². The van der Waals surface area contributed by atoms with Crippen LogP contribution in [-0.4, -0.2) is 5.91 Å². The number of halogens is 2. The minimum Gasteiger partial charge on any atom is -0.325 e. The molecule has 2 aromatic carbocycles. The van der Waals surface area contributed by atoms with Crippen molar-refractivity contribution in [1.82, 2.24) is 0 Å². The van der Waals surface area contributed by atoms with Crippen LogP contribution in [0.5, 0.6) is 0 Å². The lowest BCUT2D eigenvalue weighted by molar-refractivity contribution is -0.117. The van der Waals surface area contributed by atoms with Gasteiger partial charge in [-0.05, 0) is 64.5 Å². The average Bonchev–Trinajstić information content (AvgIpc) is 2.49. The Labute approximate surface area is 141 Å². The van der Waals surface area contributed by atoms with Gasteiger partial charge in [-0.2, -0.15) is 0 Å². The molecule has 3 rings (SSSR count). The molecule has 1 unspecified atom stereocenters. The van der Waals surface area contributed by atoms with Crippen molar-refractivity contribution in [3.63, 3.8) is 0 Å². The number of carbonyl (C=O) groups excluding carboxylic acids is 1. The first kappa shape index (κ1) is 14.8. The highest BCUT2D eigenvalue weighted by Gasteiger charge is 2.26. The zero-order valence-electron chi connectivity index (χ0n) is 11.4. The highest BCUT2D eigenvalue weighted by Crippen LogP contribution is 2.33. The SMILES string of the molecule is O=C(Nc1ccc(Br)cc1Br)C1CCCc2ccccc21. The van der Waals surface area contributed by atoms with E-state index < -0.39 is 0 Å². The summed E-state index contributed by atoms with van der Waals surface area (Å²) in [4.78, 5) is 12.6. The molecule has 1 atom stereocenters. The number of rotatable bonds is 2. The summed E-state index contributed by atoms with van der Waals surface area (Å²) < 4.78 is 1.87. The minimum atomic E-state index is -0.0505. The van der Waals surface area contributed by atoms with Crippen molar-refractivity contribution in [2.45, 2.75) is 25.2 Å². The standard InChI is InChI=1S/C17H15Br2NO/c18-12-8-9-16(15(19)10-12)20-17(21)14-7-3-5-11-4-1-2-6-13(11)14/h1-2,4,6,8-10,14H,3,5,7H2,(H,20,21). The van der Waals surface area contributed by atoms with Crippen molar-refractivity contribution in [3.8, 4) is 0 Å². The number of nitrogens with one attached hydrogen (secondary N) is 1. The van der Waals surface area contributed by atoms with Crippen LogP contribution in [0.4, 0.5) is 5.69 Å². The predicted octanol–water partition coefficient (Wildman–Crippen LogP) is 5.27. The number of fused-ring (bicyclic) bond motifs is 1. The van der Waals surface area contributed by atoms with Crippen molar-refractivity contribution in [2.24, 2.45) is 0 Å². The van der Waals surface area contributed by atoms with Crippen molar-refractivity contribution < 1.29 is 4.79 Å². The Hall–Kier alpha value is -1.13. The van der Waals surface area contributed by atoms with Gasteiger partial charge in [0.1, 0.15) is 0 Å². The van der Waals surface area contributed by atoms with Crippen molar-refractivity contribution in [3.05, 3.63) is 62.5 Å². The Morgan fingerprint density at radius 1 is 1.14 bits per heavy atom. The first-order valence-corrected chi connectivity index (χ1v) is 8.57. The maximum absolute atomic E-state index is 12.6. The number of hydrogen-bond acceptors (Lipinski definition) is 1. The van der Waals surface area contributed by atoms with E-state index in [9.17, 15) is 4.79 Å². The van der Waals surface area contributed by atoms with E-state index in [1.165, 1.54) is 11.1 Å². The van der Waals surface area contributed by atoms with E-state index in [1.807, 2.05) is 30.3 Å². The third kappa shape index (κ3) is 3.22. The normalized spacial score (nSPS) is 17.1.